The number of hydrogen-bond acceptors (Lipinski definition) is 6. The highest BCUT2D eigenvalue weighted by Crippen LogP contribution is 2.28. The van der Waals surface area contributed by atoms with Gasteiger partial charge < -0.3 is 19.0 Å². The van der Waals surface area contributed by atoms with Gasteiger partial charge in [-0.05, 0) is 25.1 Å². The monoisotopic (exact) mass is 369 g/mol. The maximum Gasteiger partial charge on any atom is 0.226 e. The zero-order chi connectivity index (χ0) is 18.5. The number of amides is 1. The van der Waals surface area contributed by atoms with E-state index < -0.39 is 0 Å². The highest BCUT2D eigenvalue weighted by molar-refractivity contribution is 5.82. The van der Waals surface area contributed by atoms with Crippen molar-refractivity contribution in [2.45, 2.75) is 12.8 Å². The van der Waals surface area contributed by atoms with Gasteiger partial charge in [-0.3, -0.25) is 9.69 Å². The molecule has 2 aromatic heterocycles. The van der Waals surface area contributed by atoms with E-state index in [1.165, 1.54) is 0 Å². The zero-order valence-corrected chi connectivity index (χ0v) is 15.1. The van der Waals surface area contributed by atoms with Gasteiger partial charge in [0.2, 0.25) is 11.7 Å². The molecule has 0 saturated carbocycles. The van der Waals surface area contributed by atoms with Crippen LogP contribution >= 0.6 is 0 Å². The number of rotatable bonds is 7. The Labute approximate surface area is 157 Å². The van der Waals surface area contributed by atoms with Gasteiger partial charge in [-0.1, -0.05) is 23.4 Å². The number of nitrogens with zero attached hydrogens (tertiary/aromatic N) is 2. The van der Waals surface area contributed by atoms with Crippen molar-refractivity contribution in [2.24, 2.45) is 0 Å². The van der Waals surface area contributed by atoms with Crippen LogP contribution in [0, 0.1) is 0 Å². The highest BCUT2D eigenvalue weighted by atomic mass is 16.5. The predicted octanol–water partition coefficient (Wildman–Crippen LogP) is 2.47. The zero-order valence-electron chi connectivity index (χ0n) is 15.1. The number of furan rings is 1. The summed E-state index contributed by atoms with van der Waals surface area (Å²) in [6.07, 6.45) is 1.12. The van der Waals surface area contributed by atoms with Gasteiger partial charge >= 0.3 is 0 Å². The van der Waals surface area contributed by atoms with Gasteiger partial charge in [0.05, 0.1) is 25.3 Å². The summed E-state index contributed by atoms with van der Waals surface area (Å²) in [7, 11) is 0. The van der Waals surface area contributed by atoms with Crippen molar-refractivity contribution in [3.8, 4) is 11.5 Å². The van der Waals surface area contributed by atoms with Gasteiger partial charge in [0.25, 0.3) is 0 Å². The predicted molar refractivity (Wildman–Crippen MR) is 100 cm³/mol. The van der Waals surface area contributed by atoms with Crippen molar-refractivity contribution in [1.82, 2.24) is 15.4 Å². The lowest BCUT2D eigenvalue weighted by molar-refractivity contribution is -0.120. The third-order valence-corrected chi connectivity index (χ3v) is 4.65. The molecule has 3 aromatic rings. The number of carbonyl (C=O) groups is 1. The first-order valence-electron chi connectivity index (χ1n) is 9.29. The lowest BCUT2D eigenvalue weighted by atomic mass is 10.2. The van der Waals surface area contributed by atoms with E-state index in [-0.39, 0.29) is 12.3 Å². The maximum atomic E-state index is 12.1. The molecule has 0 radical (unpaired) electrons. The normalized spacial score (nSPS) is 15.3. The number of hydrogen-bond donors (Lipinski definition) is 1. The molecule has 7 nitrogen and oxygen atoms in total. The summed E-state index contributed by atoms with van der Waals surface area (Å²) >= 11 is 0. The molecule has 1 N–H and O–H groups in total. The molecular formula is C20H23N3O4. The van der Waals surface area contributed by atoms with Crippen molar-refractivity contribution in [2.75, 3.05) is 39.4 Å². The molecule has 1 amide bonds. The van der Waals surface area contributed by atoms with Crippen LogP contribution in [0.1, 0.15) is 12.1 Å². The number of fused-ring (bicyclic) bond motifs is 1. The summed E-state index contributed by atoms with van der Waals surface area (Å²) in [5, 5.41) is 7.93. The minimum Gasteiger partial charge on any atom is -0.453 e. The van der Waals surface area contributed by atoms with Crippen molar-refractivity contribution in [3.05, 3.63) is 42.1 Å². The van der Waals surface area contributed by atoms with Gasteiger partial charge in [0.15, 0.2) is 5.76 Å². The van der Waals surface area contributed by atoms with Crippen LogP contribution in [0.15, 0.2) is 45.3 Å². The fourth-order valence-electron chi connectivity index (χ4n) is 3.20. The van der Waals surface area contributed by atoms with E-state index >= 15 is 0 Å². The number of morpholine rings is 1. The van der Waals surface area contributed by atoms with Gasteiger partial charge in [-0.15, -0.1) is 0 Å². The molecule has 0 bridgehead atoms. The quantitative estimate of drug-likeness (QED) is 0.645. The Balaban J connectivity index is 1.25. The minimum absolute atomic E-state index is 0.0542. The van der Waals surface area contributed by atoms with Crippen LogP contribution in [-0.2, 0) is 16.0 Å². The number of aromatic nitrogens is 1. The summed E-state index contributed by atoms with van der Waals surface area (Å²) in [4.78, 5) is 14.5. The molecule has 4 rings (SSSR count). The molecule has 0 unspecified atom stereocenters. The molecule has 142 valence electrons. The van der Waals surface area contributed by atoms with Crippen LogP contribution < -0.4 is 5.32 Å². The number of carbonyl (C=O) groups excluding carboxylic acids is 1. The molecule has 1 saturated heterocycles. The van der Waals surface area contributed by atoms with E-state index in [1.54, 1.807) is 6.07 Å². The Morgan fingerprint density at radius 1 is 1.15 bits per heavy atom. The average molecular weight is 369 g/mol. The first kappa shape index (κ1) is 17.8. The second kappa shape index (κ2) is 8.37. The second-order valence-corrected chi connectivity index (χ2v) is 6.67. The molecule has 27 heavy (non-hydrogen) atoms. The van der Waals surface area contributed by atoms with Crippen LogP contribution in [0.25, 0.3) is 22.5 Å². The lowest BCUT2D eigenvalue weighted by Crippen LogP contribution is -2.38. The third-order valence-electron chi connectivity index (χ3n) is 4.65. The van der Waals surface area contributed by atoms with Crippen molar-refractivity contribution >= 4 is 16.9 Å². The Hall–Kier alpha value is -2.64. The summed E-state index contributed by atoms with van der Waals surface area (Å²) in [6.45, 7) is 5.17. The molecule has 1 fully saturated rings. The molecular weight excluding hydrogens is 346 g/mol. The lowest BCUT2D eigenvalue weighted by Gasteiger charge is -2.26. The Bertz CT molecular complexity index is 862. The molecule has 1 aliphatic heterocycles. The minimum atomic E-state index is -0.0542. The SMILES string of the molecule is O=C(Cc1cc(-c2cc3ccccc3o2)on1)NCCCN1CCOCC1. The average Bonchev–Trinajstić information content (AvgIpc) is 3.32. The van der Waals surface area contributed by atoms with Crippen molar-refractivity contribution < 1.29 is 18.5 Å². The van der Waals surface area contributed by atoms with E-state index in [4.69, 9.17) is 13.7 Å². The second-order valence-electron chi connectivity index (χ2n) is 6.67. The van der Waals surface area contributed by atoms with E-state index in [9.17, 15) is 4.79 Å². The number of para-hydroxylation sites is 1. The summed E-state index contributed by atoms with van der Waals surface area (Å²) in [5.74, 6) is 1.09. The number of nitrogens with one attached hydrogen (secondary N) is 1. The third kappa shape index (κ3) is 4.56. The largest absolute Gasteiger partial charge is 0.453 e. The van der Waals surface area contributed by atoms with Crippen molar-refractivity contribution in [3.63, 3.8) is 0 Å². The highest BCUT2D eigenvalue weighted by Gasteiger charge is 2.14. The maximum absolute atomic E-state index is 12.1. The van der Waals surface area contributed by atoms with E-state index in [0.29, 0.717) is 23.8 Å². The molecule has 0 aliphatic carbocycles. The Kier molecular flexibility index (Phi) is 5.50. The van der Waals surface area contributed by atoms with Crippen molar-refractivity contribution in [1.29, 1.82) is 0 Å². The van der Waals surface area contributed by atoms with Crippen LogP contribution in [-0.4, -0.2) is 55.4 Å². The van der Waals surface area contributed by atoms with Crippen LogP contribution in [0.4, 0.5) is 0 Å². The smallest absolute Gasteiger partial charge is 0.226 e. The van der Waals surface area contributed by atoms with Crippen LogP contribution in [0.5, 0.6) is 0 Å². The summed E-state index contributed by atoms with van der Waals surface area (Å²) in [6, 6.07) is 11.4. The van der Waals surface area contributed by atoms with Crippen LogP contribution in [0.2, 0.25) is 0 Å². The molecule has 7 heteroatoms. The van der Waals surface area contributed by atoms with Gasteiger partial charge in [0, 0.05) is 31.1 Å². The molecule has 0 atom stereocenters. The fourth-order valence-corrected chi connectivity index (χ4v) is 3.20. The van der Waals surface area contributed by atoms with Gasteiger partial charge in [0.1, 0.15) is 5.58 Å². The topological polar surface area (TPSA) is 80.7 Å². The van der Waals surface area contributed by atoms with Gasteiger partial charge in [-0.2, -0.15) is 0 Å². The van der Waals surface area contributed by atoms with Crippen LogP contribution in [0.3, 0.4) is 0 Å². The molecule has 1 aromatic carbocycles. The van der Waals surface area contributed by atoms with E-state index in [2.05, 4.69) is 15.4 Å². The Morgan fingerprint density at radius 2 is 2.00 bits per heavy atom. The van der Waals surface area contributed by atoms with Gasteiger partial charge in [-0.25, -0.2) is 0 Å². The number of ether oxygens (including phenoxy) is 1. The molecule has 3 heterocycles. The van der Waals surface area contributed by atoms with E-state index in [0.717, 1.165) is 50.2 Å². The first-order chi connectivity index (χ1) is 13.3. The standard InChI is InChI=1S/C20H23N3O4/c24-20(21-6-3-7-23-8-10-25-11-9-23)14-16-13-19(27-22-16)18-12-15-4-1-2-5-17(15)26-18/h1-2,4-5,12-13H,3,6-11,14H2,(H,21,24). The molecule has 1 aliphatic rings. The Morgan fingerprint density at radius 3 is 2.85 bits per heavy atom. The fraction of sp³-hybridized carbons (Fsp3) is 0.400. The van der Waals surface area contributed by atoms with E-state index in [1.807, 2.05) is 30.3 Å². The molecule has 0 spiro atoms. The summed E-state index contributed by atoms with van der Waals surface area (Å²) in [5.41, 5.74) is 1.39. The summed E-state index contributed by atoms with van der Waals surface area (Å²) < 4.78 is 16.4. The first-order valence-corrected chi connectivity index (χ1v) is 9.29. The number of benzene rings is 1.